The third-order valence-electron chi connectivity index (χ3n) is 4.95. The molecule has 0 saturated carbocycles. The number of rotatable bonds is 4. The maximum atomic E-state index is 12.7. The Morgan fingerprint density at radius 1 is 1.11 bits per heavy atom. The zero-order valence-electron chi connectivity index (χ0n) is 15.5. The molecule has 5 heteroatoms. The van der Waals surface area contributed by atoms with Crippen LogP contribution in [0.3, 0.4) is 0 Å². The van der Waals surface area contributed by atoms with Gasteiger partial charge in [-0.3, -0.25) is 4.79 Å². The van der Waals surface area contributed by atoms with Crippen LogP contribution in [0.5, 0.6) is 0 Å². The molecule has 0 spiro atoms. The Labute approximate surface area is 159 Å². The van der Waals surface area contributed by atoms with Gasteiger partial charge < -0.3 is 10.2 Å². The number of carbonyl (C=O) groups is 1. The lowest BCUT2D eigenvalue weighted by molar-refractivity contribution is 0.0934. The van der Waals surface area contributed by atoms with E-state index in [0.717, 1.165) is 17.7 Å². The van der Waals surface area contributed by atoms with Crippen molar-refractivity contribution in [2.24, 2.45) is 0 Å². The van der Waals surface area contributed by atoms with Gasteiger partial charge in [-0.2, -0.15) is 0 Å². The molecular weight excluding hydrogens is 336 g/mol. The third kappa shape index (κ3) is 3.40. The summed E-state index contributed by atoms with van der Waals surface area (Å²) < 4.78 is 0. The number of amides is 1. The SMILES string of the molecule is CC(NC(=O)c1ccnc(N2c3ccccc3CC2C)n1)c1ccccc1. The molecule has 2 atom stereocenters. The van der Waals surface area contributed by atoms with E-state index >= 15 is 0 Å². The number of anilines is 2. The molecule has 1 aliphatic heterocycles. The number of fused-ring (bicyclic) bond motifs is 1. The average Bonchev–Trinajstić information content (AvgIpc) is 3.04. The van der Waals surface area contributed by atoms with Crippen molar-refractivity contribution in [2.75, 3.05) is 4.90 Å². The summed E-state index contributed by atoms with van der Waals surface area (Å²) in [6, 6.07) is 20.0. The van der Waals surface area contributed by atoms with E-state index in [-0.39, 0.29) is 18.0 Å². The van der Waals surface area contributed by atoms with Crippen LogP contribution in [0.4, 0.5) is 11.6 Å². The maximum absolute atomic E-state index is 12.7. The second kappa shape index (κ2) is 7.19. The number of nitrogens with one attached hydrogen (secondary N) is 1. The third-order valence-corrected chi connectivity index (χ3v) is 4.95. The van der Waals surface area contributed by atoms with Crippen molar-refractivity contribution < 1.29 is 4.79 Å². The van der Waals surface area contributed by atoms with E-state index in [1.165, 1.54) is 5.56 Å². The Morgan fingerprint density at radius 2 is 1.85 bits per heavy atom. The van der Waals surface area contributed by atoms with Crippen LogP contribution in [-0.2, 0) is 6.42 Å². The summed E-state index contributed by atoms with van der Waals surface area (Å²) in [5, 5.41) is 3.01. The van der Waals surface area contributed by atoms with E-state index < -0.39 is 0 Å². The minimum atomic E-state index is -0.199. The largest absolute Gasteiger partial charge is 0.344 e. The Balaban J connectivity index is 1.57. The smallest absolute Gasteiger partial charge is 0.270 e. The maximum Gasteiger partial charge on any atom is 0.270 e. The van der Waals surface area contributed by atoms with E-state index in [0.29, 0.717) is 11.6 Å². The summed E-state index contributed by atoms with van der Waals surface area (Å²) in [5.41, 5.74) is 3.82. The van der Waals surface area contributed by atoms with Gasteiger partial charge in [0.15, 0.2) is 0 Å². The highest BCUT2D eigenvalue weighted by Gasteiger charge is 2.29. The fourth-order valence-corrected chi connectivity index (χ4v) is 3.56. The van der Waals surface area contributed by atoms with Crippen molar-refractivity contribution in [3.8, 4) is 0 Å². The van der Waals surface area contributed by atoms with Crippen LogP contribution in [0.2, 0.25) is 0 Å². The molecule has 0 fully saturated rings. The summed E-state index contributed by atoms with van der Waals surface area (Å²) in [5.74, 6) is 0.364. The Bertz CT molecular complexity index is 957. The van der Waals surface area contributed by atoms with Crippen molar-refractivity contribution >= 4 is 17.5 Å². The Kier molecular flexibility index (Phi) is 4.59. The predicted molar refractivity (Wildman–Crippen MR) is 106 cm³/mol. The lowest BCUT2D eigenvalue weighted by Gasteiger charge is -2.23. The van der Waals surface area contributed by atoms with Crippen molar-refractivity contribution in [2.45, 2.75) is 32.4 Å². The van der Waals surface area contributed by atoms with Crippen LogP contribution in [0.15, 0.2) is 66.9 Å². The van der Waals surface area contributed by atoms with E-state index in [2.05, 4.69) is 39.2 Å². The fourth-order valence-electron chi connectivity index (χ4n) is 3.56. The van der Waals surface area contributed by atoms with Gasteiger partial charge in [0.05, 0.1) is 6.04 Å². The molecule has 2 heterocycles. The summed E-state index contributed by atoms with van der Waals surface area (Å²) in [7, 11) is 0. The van der Waals surface area contributed by atoms with Gasteiger partial charge >= 0.3 is 0 Å². The molecule has 136 valence electrons. The first-order valence-electron chi connectivity index (χ1n) is 9.19. The number of para-hydroxylation sites is 1. The van der Waals surface area contributed by atoms with Gasteiger partial charge in [-0.25, -0.2) is 9.97 Å². The van der Waals surface area contributed by atoms with Gasteiger partial charge in [0.25, 0.3) is 5.91 Å². The van der Waals surface area contributed by atoms with E-state index in [1.807, 2.05) is 49.4 Å². The first-order chi connectivity index (χ1) is 13.1. The summed E-state index contributed by atoms with van der Waals surface area (Å²) in [4.78, 5) is 23.8. The molecular formula is C22H22N4O. The molecule has 0 bridgehead atoms. The first-order valence-corrected chi connectivity index (χ1v) is 9.19. The quantitative estimate of drug-likeness (QED) is 0.764. The van der Waals surface area contributed by atoms with E-state index in [4.69, 9.17) is 0 Å². The number of benzene rings is 2. The van der Waals surface area contributed by atoms with Crippen LogP contribution in [0.1, 0.15) is 41.5 Å². The summed E-state index contributed by atoms with van der Waals surface area (Å²) in [6.45, 7) is 4.11. The molecule has 1 N–H and O–H groups in total. The van der Waals surface area contributed by atoms with Crippen LogP contribution < -0.4 is 10.2 Å². The fraction of sp³-hybridized carbons (Fsp3) is 0.227. The lowest BCUT2D eigenvalue weighted by atomic mass is 10.1. The molecule has 2 aromatic carbocycles. The number of nitrogens with zero attached hydrogens (tertiary/aromatic N) is 3. The van der Waals surface area contributed by atoms with Gasteiger partial charge in [0, 0.05) is 17.9 Å². The molecule has 0 saturated heterocycles. The Hall–Kier alpha value is -3.21. The van der Waals surface area contributed by atoms with Crippen molar-refractivity contribution in [1.82, 2.24) is 15.3 Å². The lowest BCUT2D eigenvalue weighted by Crippen LogP contribution is -2.29. The van der Waals surface area contributed by atoms with Gasteiger partial charge in [0.2, 0.25) is 5.95 Å². The molecule has 1 aliphatic rings. The van der Waals surface area contributed by atoms with Gasteiger partial charge in [-0.05, 0) is 43.5 Å². The predicted octanol–water partition coefficient (Wildman–Crippen LogP) is 4.05. The number of aromatic nitrogens is 2. The highest BCUT2D eigenvalue weighted by molar-refractivity contribution is 5.92. The topological polar surface area (TPSA) is 58.1 Å². The molecule has 1 aromatic heterocycles. The zero-order valence-corrected chi connectivity index (χ0v) is 15.5. The standard InChI is InChI=1S/C22H22N4O/c1-15-14-18-10-6-7-11-20(18)26(15)22-23-13-12-19(25-22)21(27)24-16(2)17-8-4-3-5-9-17/h3-13,15-16H,14H2,1-2H3,(H,24,27). The van der Waals surface area contributed by atoms with Crippen molar-refractivity contribution in [1.29, 1.82) is 0 Å². The Morgan fingerprint density at radius 3 is 2.67 bits per heavy atom. The van der Waals surface area contributed by atoms with E-state index in [9.17, 15) is 4.79 Å². The van der Waals surface area contributed by atoms with E-state index in [1.54, 1.807) is 12.3 Å². The first kappa shape index (κ1) is 17.2. The minimum absolute atomic E-state index is 0.0939. The second-order valence-electron chi connectivity index (χ2n) is 6.90. The molecule has 0 radical (unpaired) electrons. The van der Waals surface area contributed by atoms with Crippen molar-refractivity contribution in [3.63, 3.8) is 0 Å². The van der Waals surface area contributed by atoms with Gasteiger partial charge in [-0.1, -0.05) is 48.5 Å². The van der Waals surface area contributed by atoms with Crippen LogP contribution in [0.25, 0.3) is 0 Å². The highest BCUT2D eigenvalue weighted by atomic mass is 16.1. The van der Waals surface area contributed by atoms with Crippen LogP contribution >= 0.6 is 0 Å². The molecule has 1 amide bonds. The number of carbonyl (C=O) groups excluding carboxylic acids is 1. The monoisotopic (exact) mass is 358 g/mol. The normalized spacial score (nSPS) is 16.7. The highest BCUT2D eigenvalue weighted by Crippen LogP contribution is 2.36. The molecule has 5 nitrogen and oxygen atoms in total. The second-order valence-corrected chi connectivity index (χ2v) is 6.90. The van der Waals surface area contributed by atoms with Crippen LogP contribution in [-0.4, -0.2) is 21.9 Å². The van der Waals surface area contributed by atoms with Crippen molar-refractivity contribution in [3.05, 3.63) is 83.7 Å². The molecule has 4 rings (SSSR count). The van der Waals surface area contributed by atoms with Gasteiger partial charge in [0.1, 0.15) is 5.69 Å². The van der Waals surface area contributed by atoms with Gasteiger partial charge in [-0.15, -0.1) is 0 Å². The molecule has 27 heavy (non-hydrogen) atoms. The minimum Gasteiger partial charge on any atom is -0.344 e. The molecule has 0 aliphatic carbocycles. The number of hydrogen-bond donors (Lipinski definition) is 1. The summed E-state index contributed by atoms with van der Waals surface area (Å²) >= 11 is 0. The van der Waals surface area contributed by atoms with Crippen LogP contribution in [0, 0.1) is 0 Å². The average molecular weight is 358 g/mol. The molecule has 2 unspecified atom stereocenters. The summed E-state index contributed by atoms with van der Waals surface area (Å²) in [6.07, 6.45) is 2.60. The molecule has 3 aromatic rings. The zero-order chi connectivity index (χ0) is 18.8. The number of hydrogen-bond acceptors (Lipinski definition) is 4.